The number of phenols is 2. The van der Waals surface area contributed by atoms with Crippen molar-refractivity contribution in [1.29, 1.82) is 0 Å². The summed E-state index contributed by atoms with van der Waals surface area (Å²) in [6.45, 7) is 0. The molecule has 2 aromatic carbocycles. The first-order valence-corrected chi connectivity index (χ1v) is 4.45. The van der Waals surface area contributed by atoms with E-state index in [1.165, 1.54) is 30.3 Å². The molecule has 0 saturated heterocycles. The Bertz CT molecular complexity index is 477. The molecule has 0 radical (unpaired) electrons. The molecule has 0 bridgehead atoms. The lowest BCUT2D eigenvalue weighted by molar-refractivity contribution is 0.462. The molecule has 0 aromatic heterocycles. The minimum absolute atomic E-state index is 0.0550. The summed E-state index contributed by atoms with van der Waals surface area (Å²) in [5, 5.41) is 18.8. The van der Waals surface area contributed by atoms with E-state index in [1.54, 1.807) is 12.1 Å². The van der Waals surface area contributed by atoms with E-state index in [9.17, 15) is 14.6 Å². The third kappa shape index (κ3) is 1.91. The Morgan fingerprint density at radius 1 is 0.867 bits per heavy atom. The summed E-state index contributed by atoms with van der Waals surface area (Å²) in [6.07, 6.45) is 0. The topological polar surface area (TPSA) is 40.5 Å². The molecule has 0 amide bonds. The molecule has 0 fully saturated rings. The maximum Gasteiger partial charge on any atom is 0.123 e. The molecule has 2 aromatic rings. The van der Waals surface area contributed by atoms with E-state index in [0.717, 1.165) is 0 Å². The van der Waals surface area contributed by atoms with Crippen LogP contribution in [0.5, 0.6) is 11.5 Å². The fourth-order valence-electron chi connectivity index (χ4n) is 1.38. The van der Waals surface area contributed by atoms with E-state index < -0.39 is 0 Å². The monoisotopic (exact) mass is 204 g/mol. The maximum atomic E-state index is 12.7. The highest BCUT2D eigenvalue weighted by molar-refractivity contribution is 5.71. The average Bonchev–Trinajstić information content (AvgIpc) is 2.23. The highest BCUT2D eigenvalue weighted by Gasteiger charge is 2.05. The first-order valence-electron chi connectivity index (χ1n) is 4.45. The van der Waals surface area contributed by atoms with Gasteiger partial charge < -0.3 is 10.2 Å². The van der Waals surface area contributed by atoms with Crippen LogP contribution in [-0.2, 0) is 0 Å². The Hall–Kier alpha value is -2.03. The lowest BCUT2D eigenvalue weighted by Crippen LogP contribution is -1.80. The Morgan fingerprint density at radius 3 is 2.20 bits per heavy atom. The molecule has 2 rings (SSSR count). The van der Waals surface area contributed by atoms with Crippen LogP contribution in [-0.4, -0.2) is 10.2 Å². The van der Waals surface area contributed by atoms with Crippen LogP contribution in [0.25, 0.3) is 11.1 Å². The molecule has 2 N–H and O–H groups in total. The van der Waals surface area contributed by atoms with Crippen LogP contribution in [0.15, 0.2) is 42.5 Å². The number of aromatic hydroxyl groups is 2. The standard InChI is InChI=1S/C12H9FO2/c13-9-3-1-8(2-4-9)11-7-10(14)5-6-12(11)15/h1-7,14-15H. The van der Waals surface area contributed by atoms with Crippen LogP contribution in [0.3, 0.4) is 0 Å². The van der Waals surface area contributed by atoms with Crippen LogP contribution in [0.1, 0.15) is 0 Å². The van der Waals surface area contributed by atoms with Gasteiger partial charge in [0.25, 0.3) is 0 Å². The summed E-state index contributed by atoms with van der Waals surface area (Å²) in [7, 11) is 0. The van der Waals surface area contributed by atoms with E-state index in [0.29, 0.717) is 11.1 Å². The van der Waals surface area contributed by atoms with Crippen molar-refractivity contribution in [3.8, 4) is 22.6 Å². The van der Waals surface area contributed by atoms with Crippen molar-refractivity contribution in [2.24, 2.45) is 0 Å². The van der Waals surface area contributed by atoms with Crippen molar-refractivity contribution < 1.29 is 14.6 Å². The largest absolute Gasteiger partial charge is 0.508 e. The second-order valence-electron chi connectivity index (χ2n) is 3.21. The van der Waals surface area contributed by atoms with Crippen molar-refractivity contribution in [2.45, 2.75) is 0 Å². The van der Waals surface area contributed by atoms with Gasteiger partial charge in [-0.15, -0.1) is 0 Å². The highest BCUT2D eigenvalue weighted by Crippen LogP contribution is 2.31. The van der Waals surface area contributed by atoms with Gasteiger partial charge in [0.05, 0.1) is 0 Å². The van der Waals surface area contributed by atoms with Gasteiger partial charge in [0.15, 0.2) is 0 Å². The molecule has 0 aliphatic carbocycles. The number of rotatable bonds is 1. The van der Waals surface area contributed by atoms with E-state index in [4.69, 9.17) is 0 Å². The second kappa shape index (κ2) is 3.61. The number of halogens is 1. The summed E-state index contributed by atoms with van der Waals surface area (Å²) in [5.74, 6) is -0.218. The fraction of sp³-hybridized carbons (Fsp3) is 0. The molecule has 0 aliphatic heterocycles. The van der Waals surface area contributed by atoms with Gasteiger partial charge in [-0.1, -0.05) is 12.1 Å². The van der Waals surface area contributed by atoms with Gasteiger partial charge in [-0.3, -0.25) is 0 Å². The molecule has 0 unspecified atom stereocenters. The van der Waals surface area contributed by atoms with Crippen molar-refractivity contribution in [3.63, 3.8) is 0 Å². The normalized spacial score (nSPS) is 10.2. The van der Waals surface area contributed by atoms with E-state index in [2.05, 4.69) is 0 Å². The van der Waals surface area contributed by atoms with Crippen LogP contribution < -0.4 is 0 Å². The smallest absolute Gasteiger partial charge is 0.123 e. The fourth-order valence-corrected chi connectivity index (χ4v) is 1.38. The third-order valence-electron chi connectivity index (χ3n) is 2.14. The van der Waals surface area contributed by atoms with Crippen molar-refractivity contribution in [2.75, 3.05) is 0 Å². The Balaban J connectivity index is 2.53. The van der Waals surface area contributed by atoms with Crippen LogP contribution in [0.4, 0.5) is 4.39 Å². The molecule has 0 saturated carbocycles. The summed E-state index contributed by atoms with van der Waals surface area (Å²) in [6, 6.07) is 9.92. The molecule has 2 nitrogen and oxygen atoms in total. The molecule has 0 heterocycles. The predicted molar refractivity (Wildman–Crippen MR) is 55.2 cm³/mol. The zero-order valence-electron chi connectivity index (χ0n) is 7.81. The van der Waals surface area contributed by atoms with E-state index in [-0.39, 0.29) is 17.3 Å². The number of hydrogen-bond donors (Lipinski definition) is 2. The minimum Gasteiger partial charge on any atom is -0.508 e. The number of phenolic OH excluding ortho intramolecular Hbond substituents is 2. The third-order valence-corrected chi connectivity index (χ3v) is 2.14. The van der Waals surface area contributed by atoms with E-state index in [1.807, 2.05) is 0 Å². The highest BCUT2D eigenvalue weighted by atomic mass is 19.1. The molecular formula is C12H9FO2. The average molecular weight is 204 g/mol. The zero-order valence-corrected chi connectivity index (χ0v) is 7.81. The maximum absolute atomic E-state index is 12.7. The van der Waals surface area contributed by atoms with Gasteiger partial charge in [0.2, 0.25) is 0 Å². The van der Waals surface area contributed by atoms with Gasteiger partial charge in [0.1, 0.15) is 17.3 Å². The van der Waals surface area contributed by atoms with Gasteiger partial charge in [-0.2, -0.15) is 0 Å². The quantitative estimate of drug-likeness (QED) is 0.701. The second-order valence-corrected chi connectivity index (χ2v) is 3.21. The molecule has 3 heteroatoms. The molecular weight excluding hydrogens is 195 g/mol. The van der Waals surface area contributed by atoms with Crippen LogP contribution >= 0.6 is 0 Å². The van der Waals surface area contributed by atoms with Gasteiger partial charge in [0, 0.05) is 5.56 Å². The lowest BCUT2D eigenvalue weighted by Gasteiger charge is -2.05. The summed E-state index contributed by atoms with van der Waals surface area (Å²) in [4.78, 5) is 0. The molecule has 0 aliphatic rings. The van der Waals surface area contributed by atoms with Crippen molar-refractivity contribution in [1.82, 2.24) is 0 Å². The van der Waals surface area contributed by atoms with Crippen LogP contribution in [0.2, 0.25) is 0 Å². The minimum atomic E-state index is -0.335. The summed E-state index contributed by atoms with van der Waals surface area (Å²) < 4.78 is 12.7. The molecule has 0 spiro atoms. The predicted octanol–water partition coefficient (Wildman–Crippen LogP) is 2.90. The molecule has 0 atom stereocenters. The Kier molecular flexibility index (Phi) is 2.29. The first-order chi connectivity index (χ1) is 7.16. The summed E-state index contributed by atoms with van der Waals surface area (Å²) >= 11 is 0. The number of hydrogen-bond acceptors (Lipinski definition) is 2. The Morgan fingerprint density at radius 2 is 1.53 bits per heavy atom. The number of benzene rings is 2. The van der Waals surface area contributed by atoms with Crippen molar-refractivity contribution in [3.05, 3.63) is 48.3 Å². The SMILES string of the molecule is Oc1ccc(O)c(-c2ccc(F)cc2)c1. The first kappa shape index (κ1) is 9.52. The van der Waals surface area contributed by atoms with Gasteiger partial charge in [-0.05, 0) is 35.9 Å². The van der Waals surface area contributed by atoms with Gasteiger partial charge in [-0.25, -0.2) is 4.39 Å². The van der Waals surface area contributed by atoms with Gasteiger partial charge >= 0.3 is 0 Å². The van der Waals surface area contributed by atoms with E-state index >= 15 is 0 Å². The molecule has 76 valence electrons. The Labute approximate surface area is 86.2 Å². The molecule has 15 heavy (non-hydrogen) atoms. The lowest BCUT2D eigenvalue weighted by atomic mass is 10.0. The van der Waals surface area contributed by atoms with Crippen molar-refractivity contribution >= 4 is 0 Å². The summed E-state index contributed by atoms with van der Waals surface area (Å²) in [5.41, 5.74) is 1.14. The van der Waals surface area contributed by atoms with Crippen LogP contribution in [0, 0.1) is 5.82 Å². The zero-order chi connectivity index (χ0) is 10.8.